The second-order valence-corrected chi connectivity index (χ2v) is 5.21. The number of hydrogen-bond donors (Lipinski definition) is 1. The molecule has 3 aromatic heterocycles. The lowest BCUT2D eigenvalue weighted by Gasteiger charge is -2.05. The molecule has 0 aliphatic rings. The second kappa shape index (κ2) is 5.58. The third kappa shape index (κ3) is 2.39. The SMILES string of the molecule is Nc1nc(-c2ccco2)c2cnn(Cc3cccc(N=O)c3)c2n1. The lowest BCUT2D eigenvalue weighted by Crippen LogP contribution is -2.05. The summed E-state index contributed by atoms with van der Waals surface area (Å²) in [4.78, 5) is 19.2. The van der Waals surface area contributed by atoms with Crippen molar-refractivity contribution in [2.75, 3.05) is 5.73 Å². The van der Waals surface area contributed by atoms with Gasteiger partial charge in [-0.3, -0.25) is 0 Å². The Morgan fingerprint density at radius 2 is 2.12 bits per heavy atom. The number of aromatic nitrogens is 4. The molecule has 3 heterocycles. The lowest BCUT2D eigenvalue weighted by atomic mass is 10.2. The Morgan fingerprint density at radius 1 is 1.21 bits per heavy atom. The summed E-state index contributed by atoms with van der Waals surface area (Å²) in [7, 11) is 0. The van der Waals surface area contributed by atoms with Crippen molar-refractivity contribution in [2.24, 2.45) is 5.18 Å². The van der Waals surface area contributed by atoms with Crippen molar-refractivity contribution in [1.29, 1.82) is 0 Å². The molecule has 0 spiro atoms. The first-order valence-electron chi connectivity index (χ1n) is 7.20. The number of fused-ring (bicyclic) bond motifs is 1. The summed E-state index contributed by atoms with van der Waals surface area (Å²) >= 11 is 0. The third-order valence-electron chi connectivity index (χ3n) is 3.62. The molecule has 0 aliphatic carbocycles. The van der Waals surface area contributed by atoms with Crippen molar-refractivity contribution >= 4 is 22.7 Å². The van der Waals surface area contributed by atoms with Crippen LogP contribution < -0.4 is 5.73 Å². The molecule has 8 nitrogen and oxygen atoms in total. The van der Waals surface area contributed by atoms with E-state index in [2.05, 4.69) is 20.2 Å². The maximum absolute atomic E-state index is 10.7. The van der Waals surface area contributed by atoms with Gasteiger partial charge in [-0.15, -0.1) is 4.91 Å². The Morgan fingerprint density at radius 3 is 2.92 bits per heavy atom. The Hall–Kier alpha value is -3.55. The molecule has 0 fully saturated rings. The number of nitrogen functional groups attached to an aromatic ring is 1. The zero-order chi connectivity index (χ0) is 16.5. The van der Waals surface area contributed by atoms with E-state index in [1.54, 1.807) is 47.5 Å². The molecule has 0 saturated heterocycles. The molecule has 0 atom stereocenters. The maximum atomic E-state index is 10.7. The molecule has 0 amide bonds. The number of benzene rings is 1. The van der Waals surface area contributed by atoms with Gasteiger partial charge < -0.3 is 10.2 Å². The minimum atomic E-state index is 0.138. The van der Waals surface area contributed by atoms with Gasteiger partial charge in [0, 0.05) is 0 Å². The molecule has 118 valence electrons. The second-order valence-electron chi connectivity index (χ2n) is 5.21. The molecular weight excluding hydrogens is 308 g/mol. The van der Waals surface area contributed by atoms with Crippen LogP contribution in [0.3, 0.4) is 0 Å². The molecule has 8 heteroatoms. The summed E-state index contributed by atoms with van der Waals surface area (Å²) in [6, 6.07) is 10.6. The highest BCUT2D eigenvalue weighted by molar-refractivity contribution is 5.89. The van der Waals surface area contributed by atoms with Crippen LogP contribution in [0.5, 0.6) is 0 Å². The number of furan rings is 1. The van der Waals surface area contributed by atoms with Gasteiger partial charge in [-0.05, 0) is 35.0 Å². The lowest BCUT2D eigenvalue weighted by molar-refractivity contribution is 0.580. The van der Waals surface area contributed by atoms with E-state index in [-0.39, 0.29) is 5.95 Å². The van der Waals surface area contributed by atoms with Gasteiger partial charge in [-0.1, -0.05) is 12.1 Å². The predicted molar refractivity (Wildman–Crippen MR) is 88.4 cm³/mol. The first-order valence-corrected chi connectivity index (χ1v) is 7.20. The van der Waals surface area contributed by atoms with Crippen LogP contribution in [0.1, 0.15) is 5.56 Å². The summed E-state index contributed by atoms with van der Waals surface area (Å²) in [5.74, 6) is 0.736. The van der Waals surface area contributed by atoms with E-state index < -0.39 is 0 Å². The van der Waals surface area contributed by atoms with Gasteiger partial charge in [0.05, 0.1) is 24.4 Å². The van der Waals surface area contributed by atoms with Crippen molar-refractivity contribution in [3.8, 4) is 11.5 Å². The number of anilines is 1. The van der Waals surface area contributed by atoms with E-state index in [9.17, 15) is 4.91 Å². The van der Waals surface area contributed by atoms with Crippen LogP contribution in [0.4, 0.5) is 11.6 Å². The third-order valence-corrected chi connectivity index (χ3v) is 3.62. The fraction of sp³-hybridized carbons (Fsp3) is 0.0625. The summed E-state index contributed by atoms with van der Waals surface area (Å²) in [5, 5.41) is 8.05. The molecule has 4 rings (SSSR count). The minimum absolute atomic E-state index is 0.138. The van der Waals surface area contributed by atoms with Crippen molar-refractivity contribution in [3.63, 3.8) is 0 Å². The monoisotopic (exact) mass is 320 g/mol. The standard InChI is InChI=1S/C16H12N6O2/c17-16-19-14(13-5-2-6-24-13)12-8-18-22(15(12)20-16)9-10-3-1-4-11(7-10)21-23/h1-8H,9H2,(H2,17,19,20). The fourth-order valence-corrected chi connectivity index (χ4v) is 2.57. The topological polar surface area (TPSA) is 112 Å². The average Bonchev–Trinajstić information content (AvgIpc) is 3.25. The predicted octanol–water partition coefficient (Wildman–Crippen LogP) is 3.11. The van der Waals surface area contributed by atoms with E-state index in [0.717, 1.165) is 10.9 Å². The van der Waals surface area contributed by atoms with Crippen molar-refractivity contribution in [3.05, 3.63) is 59.3 Å². The van der Waals surface area contributed by atoms with Gasteiger partial charge in [-0.2, -0.15) is 10.1 Å². The largest absolute Gasteiger partial charge is 0.463 e. The average molecular weight is 320 g/mol. The molecule has 1 aromatic carbocycles. The first-order chi connectivity index (χ1) is 11.7. The molecule has 0 saturated carbocycles. The van der Waals surface area contributed by atoms with Gasteiger partial charge in [0.25, 0.3) is 0 Å². The van der Waals surface area contributed by atoms with Gasteiger partial charge in [-0.25, -0.2) is 9.67 Å². The number of hydrogen-bond acceptors (Lipinski definition) is 7. The van der Waals surface area contributed by atoms with E-state index in [0.29, 0.717) is 29.3 Å². The molecule has 0 radical (unpaired) electrons. The highest BCUT2D eigenvalue weighted by atomic mass is 16.3. The highest BCUT2D eigenvalue weighted by Crippen LogP contribution is 2.27. The fourth-order valence-electron chi connectivity index (χ4n) is 2.57. The molecule has 0 unspecified atom stereocenters. The van der Waals surface area contributed by atoms with Crippen LogP contribution in [0.15, 0.2) is 58.5 Å². The Bertz CT molecular complexity index is 1020. The molecule has 2 N–H and O–H groups in total. The quantitative estimate of drug-likeness (QED) is 0.578. The van der Waals surface area contributed by atoms with E-state index in [4.69, 9.17) is 10.2 Å². The van der Waals surface area contributed by atoms with Crippen LogP contribution in [0.2, 0.25) is 0 Å². The molecule has 4 aromatic rings. The highest BCUT2D eigenvalue weighted by Gasteiger charge is 2.15. The minimum Gasteiger partial charge on any atom is -0.463 e. The van der Waals surface area contributed by atoms with Gasteiger partial charge in [0.1, 0.15) is 11.4 Å². The van der Waals surface area contributed by atoms with E-state index in [1.165, 1.54) is 0 Å². The molecule has 0 bridgehead atoms. The summed E-state index contributed by atoms with van der Waals surface area (Å²) in [6.07, 6.45) is 3.25. The van der Waals surface area contributed by atoms with Crippen LogP contribution in [-0.2, 0) is 6.54 Å². The van der Waals surface area contributed by atoms with Gasteiger partial charge in [0.15, 0.2) is 11.4 Å². The van der Waals surface area contributed by atoms with Crippen molar-refractivity contribution in [2.45, 2.75) is 6.54 Å². The number of nitroso groups, excluding NO2 is 1. The van der Waals surface area contributed by atoms with Gasteiger partial charge in [0.2, 0.25) is 5.95 Å². The molecule has 0 aliphatic heterocycles. The smallest absolute Gasteiger partial charge is 0.222 e. The van der Waals surface area contributed by atoms with E-state index >= 15 is 0 Å². The molecule has 24 heavy (non-hydrogen) atoms. The zero-order valence-corrected chi connectivity index (χ0v) is 12.5. The zero-order valence-electron chi connectivity index (χ0n) is 12.5. The van der Waals surface area contributed by atoms with Crippen LogP contribution in [-0.4, -0.2) is 19.7 Å². The summed E-state index contributed by atoms with van der Waals surface area (Å²) in [6.45, 7) is 0.431. The number of nitrogens with zero attached hydrogens (tertiary/aromatic N) is 5. The Labute approximate surface area is 135 Å². The van der Waals surface area contributed by atoms with Crippen molar-refractivity contribution < 1.29 is 4.42 Å². The Kier molecular flexibility index (Phi) is 3.27. The first kappa shape index (κ1) is 14.1. The summed E-state index contributed by atoms with van der Waals surface area (Å²) < 4.78 is 7.11. The van der Waals surface area contributed by atoms with Crippen LogP contribution >= 0.6 is 0 Å². The normalized spacial score (nSPS) is 11.0. The van der Waals surface area contributed by atoms with Crippen LogP contribution in [0.25, 0.3) is 22.5 Å². The number of nitrogens with two attached hydrogens (primary N) is 1. The number of rotatable bonds is 4. The van der Waals surface area contributed by atoms with Crippen molar-refractivity contribution in [1.82, 2.24) is 19.7 Å². The molecular formula is C16H12N6O2. The van der Waals surface area contributed by atoms with Gasteiger partial charge >= 0.3 is 0 Å². The maximum Gasteiger partial charge on any atom is 0.222 e. The Balaban J connectivity index is 1.81. The van der Waals surface area contributed by atoms with Crippen LogP contribution in [0, 0.1) is 4.91 Å². The van der Waals surface area contributed by atoms with E-state index in [1.807, 2.05) is 6.07 Å². The summed E-state index contributed by atoms with van der Waals surface area (Å²) in [5.41, 5.74) is 8.28.